The number of nitrogens with one attached hydrogen (secondary N) is 2. The van der Waals surface area contributed by atoms with E-state index >= 15 is 0 Å². The van der Waals surface area contributed by atoms with E-state index in [0.29, 0.717) is 29.0 Å². The highest BCUT2D eigenvalue weighted by Crippen LogP contribution is 2.27. The van der Waals surface area contributed by atoms with Gasteiger partial charge in [-0.15, -0.1) is 10.2 Å². The molecule has 0 unspecified atom stereocenters. The van der Waals surface area contributed by atoms with Crippen molar-refractivity contribution in [3.05, 3.63) is 112 Å². The third-order valence-electron chi connectivity index (χ3n) is 6.38. The second-order valence-electron chi connectivity index (χ2n) is 9.16. The molecule has 2 N–H and O–H groups in total. The largest absolute Gasteiger partial charge is 0.493 e. The topological polar surface area (TPSA) is 123 Å². The van der Waals surface area contributed by atoms with Gasteiger partial charge in [0.2, 0.25) is 5.82 Å². The molecule has 0 spiro atoms. The molecular formula is C30H23N5O4. The molecule has 2 heterocycles. The van der Waals surface area contributed by atoms with E-state index < -0.39 is 0 Å². The Balaban J connectivity index is 1.15. The third kappa shape index (κ3) is 5.10. The number of aryl methyl sites for hydroxylation is 1. The minimum atomic E-state index is -0.350. The molecule has 2 aromatic heterocycles. The van der Waals surface area contributed by atoms with Crippen molar-refractivity contribution in [2.24, 2.45) is 0 Å². The lowest BCUT2D eigenvalue weighted by atomic mass is 10.1. The maximum atomic E-state index is 13.1. The van der Waals surface area contributed by atoms with Crippen molar-refractivity contribution in [1.29, 1.82) is 0 Å². The molecule has 0 saturated heterocycles. The molecular weight excluding hydrogens is 494 g/mol. The van der Waals surface area contributed by atoms with Crippen LogP contribution in [-0.4, -0.2) is 33.1 Å². The minimum absolute atomic E-state index is 0.142. The highest BCUT2D eigenvalue weighted by atomic mass is 16.5. The summed E-state index contributed by atoms with van der Waals surface area (Å²) in [5, 5.41) is 19.2. The van der Waals surface area contributed by atoms with E-state index in [9.17, 15) is 9.59 Å². The molecule has 1 amide bonds. The molecule has 6 aromatic rings. The second-order valence-corrected chi connectivity index (χ2v) is 9.16. The van der Waals surface area contributed by atoms with Gasteiger partial charge in [0.1, 0.15) is 5.75 Å². The van der Waals surface area contributed by atoms with Gasteiger partial charge in [0, 0.05) is 18.1 Å². The van der Waals surface area contributed by atoms with E-state index in [-0.39, 0.29) is 28.5 Å². The van der Waals surface area contributed by atoms with Gasteiger partial charge in [-0.2, -0.15) is 5.21 Å². The van der Waals surface area contributed by atoms with Gasteiger partial charge in [-0.1, -0.05) is 42.5 Å². The third-order valence-corrected chi connectivity index (χ3v) is 6.38. The van der Waals surface area contributed by atoms with Crippen molar-refractivity contribution >= 4 is 33.3 Å². The number of anilines is 1. The summed E-state index contributed by atoms with van der Waals surface area (Å²) in [5.74, 6) is 0.607. The molecule has 9 heteroatoms. The van der Waals surface area contributed by atoms with Gasteiger partial charge in [0.15, 0.2) is 16.8 Å². The Morgan fingerprint density at radius 1 is 0.974 bits per heavy atom. The number of aromatic amines is 1. The molecule has 0 fully saturated rings. The predicted octanol–water partition coefficient (Wildman–Crippen LogP) is 5.31. The summed E-state index contributed by atoms with van der Waals surface area (Å²) in [6, 6.07) is 26.3. The molecule has 6 rings (SSSR count). The lowest BCUT2D eigenvalue weighted by Gasteiger charge is -2.11. The minimum Gasteiger partial charge on any atom is -0.493 e. The smallest absolute Gasteiger partial charge is 0.255 e. The number of H-pyrrole nitrogens is 1. The van der Waals surface area contributed by atoms with Crippen LogP contribution >= 0.6 is 0 Å². The SMILES string of the molecule is Cc1cc(NC(=O)c2ccc(OCCc3ccc4ccccc4c3)cc2)c2oc(-c3nn[nH]n3)cc(=O)c2c1. The van der Waals surface area contributed by atoms with Crippen molar-refractivity contribution in [1.82, 2.24) is 20.6 Å². The Hall–Kier alpha value is -5.31. The van der Waals surface area contributed by atoms with Crippen LogP contribution in [0, 0.1) is 6.92 Å². The van der Waals surface area contributed by atoms with Crippen molar-refractivity contribution < 1.29 is 13.9 Å². The number of fused-ring (bicyclic) bond motifs is 2. The van der Waals surface area contributed by atoms with Crippen molar-refractivity contribution in [3.63, 3.8) is 0 Å². The quantitative estimate of drug-likeness (QED) is 0.294. The second kappa shape index (κ2) is 10.2. The van der Waals surface area contributed by atoms with E-state index in [2.05, 4.69) is 56.3 Å². The van der Waals surface area contributed by atoms with Crippen molar-refractivity contribution in [2.45, 2.75) is 13.3 Å². The van der Waals surface area contributed by atoms with Crippen LogP contribution in [0.15, 0.2) is 94.1 Å². The lowest BCUT2D eigenvalue weighted by molar-refractivity contribution is 0.102. The number of amides is 1. The predicted molar refractivity (Wildman–Crippen MR) is 148 cm³/mol. The molecule has 0 radical (unpaired) electrons. The van der Waals surface area contributed by atoms with Gasteiger partial charge < -0.3 is 14.5 Å². The highest BCUT2D eigenvalue weighted by Gasteiger charge is 2.16. The normalized spacial score (nSPS) is 11.1. The summed E-state index contributed by atoms with van der Waals surface area (Å²) < 4.78 is 11.8. The van der Waals surface area contributed by atoms with Crippen molar-refractivity contribution in [2.75, 3.05) is 11.9 Å². The molecule has 0 aliphatic rings. The van der Waals surface area contributed by atoms with Crippen LogP contribution in [-0.2, 0) is 6.42 Å². The Labute approximate surface area is 222 Å². The zero-order valence-electron chi connectivity index (χ0n) is 21.0. The highest BCUT2D eigenvalue weighted by molar-refractivity contribution is 6.08. The molecule has 0 aliphatic carbocycles. The Kier molecular flexibility index (Phi) is 6.30. The number of carbonyl (C=O) groups excluding carboxylic acids is 1. The van der Waals surface area contributed by atoms with Gasteiger partial charge in [-0.05, 0) is 70.4 Å². The maximum absolute atomic E-state index is 13.1. The fraction of sp³-hybridized carbons (Fsp3) is 0.100. The molecule has 4 aromatic carbocycles. The van der Waals surface area contributed by atoms with Gasteiger partial charge in [-0.3, -0.25) is 9.59 Å². The summed E-state index contributed by atoms with van der Waals surface area (Å²) in [7, 11) is 0. The molecule has 0 bridgehead atoms. The van der Waals surface area contributed by atoms with E-state index in [1.165, 1.54) is 22.4 Å². The van der Waals surface area contributed by atoms with Gasteiger partial charge in [-0.25, -0.2) is 0 Å². The maximum Gasteiger partial charge on any atom is 0.255 e. The number of aromatic nitrogens is 4. The standard InChI is InChI=1S/C30H23N5O4/c1-18-14-24-26(36)17-27(29-32-34-35-33-29)39-28(24)25(15-18)31-30(37)21-8-10-23(11-9-21)38-13-12-19-6-7-20-4-2-3-5-22(20)16-19/h2-11,14-17H,12-13H2,1H3,(H,31,37)(H,32,33,34,35). The monoisotopic (exact) mass is 517 g/mol. The van der Waals surface area contributed by atoms with Gasteiger partial charge in [0.05, 0.1) is 17.7 Å². The van der Waals surface area contributed by atoms with E-state index in [0.717, 1.165) is 12.0 Å². The van der Waals surface area contributed by atoms with E-state index in [4.69, 9.17) is 9.15 Å². The molecule has 0 aliphatic heterocycles. The number of hydrogen-bond acceptors (Lipinski definition) is 7. The zero-order valence-corrected chi connectivity index (χ0v) is 21.0. The van der Waals surface area contributed by atoms with Crippen LogP contribution in [0.2, 0.25) is 0 Å². The molecule has 39 heavy (non-hydrogen) atoms. The first-order valence-corrected chi connectivity index (χ1v) is 12.4. The molecule has 9 nitrogen and oxygen atoms in total. The summed E-state index contributed by atoms with van der Waals surface area (Å²) in [6.07, 6.45) is 0.768. The van der Waals surface area contributed by atoms with Crippen molar-refractivity contribution in [3.8, 4) is 17.3 Å². The average molecular weight is 518 g/mol. The van der Waals surface area contributed by atoms with Crippen LogP contribution in [0.4, 0.5) is 5.69 Å². The number of rotatable bonds is 7. The fourth-order valence-electron chi connectivity index (χ4n) is 4.45. The number of carbonyl (C=O) groups is 1. The fourth-order valence-corrected chi connectivity index (χ4v) is 4.45. The summed E-state index contributed by atoms with van der Waals surface area (Å²) in [6.45, 7) is 2.35. The van der Waals surface area contributed by atoms with Gasteiger partial charge >= 0.3 is 0 Å². The van der Waals surface area contributed by atoms with Gasteiger partial charge in [0.25, 0.3) is 5.91 Å². The van der Waals surface area contributed by atoms with Crippen LogP contribution in [0.5, 0.6) is 5.75 Å². The van der Waals surface area contributed by atoms with E-state index in [1.54, 1.807) is 36.4 Å². The first-order chi connectivity index (χ1) is 19.0. The zero-order chi connectivity index (χ0) is 26.8. The summed E-state index contributed by atoms with van der Waals surface area (Å²) >= 11 is 0. The molecule has 0 atom stereocenters. The number of ether oxygens (including phenoxy) is 1. The van der Waals surface area contributed by atoms with Crippen LogP contribution < -0.4 is 15.5 Å². The average Bonchev–Trinajstić information content (AvgIpc) is 3.49. The van der Waals surface area contributed by atoms with E-state index in [1.807, 2.05) is 19.1 Å². The lowest BCUT2D eigenvalue weighted by Crippen LogP contribution is -2.13. The first-order valence-electron chi connectivity index (χ1n) is 12.4. The number of hydrogen-bond donors (Lipinski definition) is 2. The van der Waals surface area contributed by atoms with Crippen LogP contribution in [0.3, 0.4) is 0 Å². The summed E-state index contributed by atoms with van der Waals surface area (Å²) in [5.41, 5.74) is 2.75. The Bertz CT molecular complexity index is 1860. The number of benzene rings is 4. The summed E-state index contributed by atoms with van der Waals surface area (Å²) in [4.78, 5) is 25.8. The molecule has 0 saturated carbocycles. The van der Waals surface area contributed by atoms with Crippen LogP contribution in [0.1, 0.15) is 21.5 Å². The van der Waals surface area contributed by atoms with Crippen LogP contribution in [0.25, 0.3) is 33.3 Å². The Morgan fingerprint density at radius 2 is 1.79 bits per heavy atom. The first kappa shape index (κ1) is 24.1. The Morgan fingerprint density at radius 3 is 2.59 bits per heavy atom. The number of nitrogens with zero attached hydrogens (tertiary/aromatic N) is 3. The molecule has 192 valence electrons. The number of tetrazole rings is 1.